The Balaban J connectivity index is 1.93. The normalized spacial score (nSPS) is 22.0. The van der Waals surface area contributed by atoms with E-state index >= 15 is 0 Å². The highest BCUT2D eigenvalue weighted by atomic mass is 32.1. The largest absolute Gasteiger partial charge is 0.481 e. The van der Waals surface area contributed by atoms with Gasteiger partial charge in [0.15, 0.2) is 0 Å². The summed E-state index contributed by atoms with van der Waals surface area (Å²) in [6, 6.07) is 0. The lowest BCUT2D eigenvalue weighted by Gasteiger charge is -2.29. The molecule has 2 aliphatic rings. The molecule has 0 saturated carbocycles. The fourth-order valence-corrected chi connectivity index (χ4v) is 5.92. The average Bonchev–Trinajstić information content (AvgIpc) is 3.09. The van der Waals surface area contributed by atoms with Gasteiger partial charge in [-0.15, -0.1) is 11.3 Å². The number of rotatable bonds is 5. The van der Waals surface area contributed by atoms with Gasteiger partial charge in [-0.25, -0.2) is 4.79 Å². The lowest BCUT2D eigenvalue weighted by molar-refractivity contribution is -0.146. The van der Waals surface area contributed by atoms with Crippen LogP contribution in [0.15, 0.2) is 11.1 Å². The van der Waals surface area contributed by atoms with Gasteiger partial charge in [-0.2, -0.15) is 0 Å². The summed E-state index contributed by atoms with van der Waals surface area (Å²) in [6.45, 7) is 5.93. The third-order valence-corrected chi connectivity index (χ3v) is 7.77. The molecule has 3 rings (SSSR count). The number of aliphatic carboxylic acids is 1. The maximum atomic E-state index is 13.2. The van der Waals surface area contributed by atoms with Crippen LogP contribution in [0.5, 0.6) is 0 Å². The molecule has 170 valence electrons. The molecule has 2 N–H and O–H groups in total. The first kappa shape index (κ1) is 23.5. The predicted molar refractivity (Wildman–Crippen MR) is 122 cm³/mol. The minimum Gasteiger partial charge on any atom is -0.481 e. The zero-order chi connectivity index (χ0) is 22.5. The topological polar surface area (TPSA) is 92.7 Å². The number of carboxylic acids is 1. The van der Waals surface area contributed by atoms with Crippen LogP contribution < -0.4 is 5.32 Å². The first-order valence-electron chi connectivity index (χ1n) is 11.3. The number of carbonyl (C=O) groups is 3. The van der Waals surface area contributed by atoms with Gasteiger partial charge in [0.1, 0.15) is 5.00 Å². The molecule has 0 fully saturated rings. The van der Waals surface area contributed by atoms with Crippen molar-refractivity contribution in [2.45, 2.75) is 78.6 Å². The van der Waals surface area contributed by atoms with E-state index in [-0.39, 0.29) is 12.5 Å². The van der Waals surface area contributed by atoms with E-state index in [9.17, 15) is 19.5 Å². The summed E-state index contributed by atoms with van der Waals surface area (Å²) in [4.78, 5) is 39.0. The lowest BCUT2D eigenvalue weighted by Crippen LogP contribution is -2.36. The molecule has 1 amide bonds. The highest BCUT2D eigenvalue weighted by molar-refractivity contribution is 7.17. The van der Waals surface area contributed by atoms with E-state index in [1.807, 2.05) is 13.8 Å². The molecule has 2 aliphatic carbocycles. The van der Waals surface area contributed by atoms with Crippen LogP contribution in [0.25, 0.3) is 0 Å². The number of thiophene rings is 1. The Hall–Kier alpha value is -2.15. The van der Waals surface area contributed by atoms with Gasteiger partial charge in [0.25, 0.3) is 0 Å². The smallest absolute Gasteiger partial charge is 0.341 e. The molecule has 1 aromatic heterocycles. The second kappa shape index (κ2) is 10.4. The van der Waals surface area contributed by atoms with Crippen LogP contribution in [0.4, 0.5) is 5.00 Å². The molecule has 0 aromatic carbocycles. The number of ether oxygens (including phenoxy) is 1. The van der Waals surface area contributed by atoms with Gasteiger partial charge >= 0.3 is 11.9 Å². The van der Waals surface area contributed by atoms with Crippen molar-refractivity contribution in [1.29, 1.82) is 0 Å². The van der Waals surface area contributed by atoms with Crippen molar-refractivity contribution in [3.63, 3.8) is 0 Å². The van der Waals surface area contributed by atoms with Crippen molar-refractivity contribution in [3.05, 3.63) is 27.2 Å². The number of nitrogens with one attached hydrogen (secondary N) is 1. The van der Waals surface area contributed by atoms with Crippen LogP contribution in [0.2, 0.25) is 0 Å². The minimum absolute atomic E-state index is 0.268. The summed E-state index contributed by atoms with van der Waals surface area (Å²) in [5.74, 6) is -3.08. The van der Waals surface area contributed by atoms with Crippen LogP contribution in [0, 0.1) is 11.8 Å². The molecule has 1 heterocycles. The summed E-state index contributed by atoms with van der Waals surface area (Å²) < 4.78 is 5.33. The van der Waals surface area contributed by atoms with E-state index in [4.69, 9.17) is 4.74 Å². The predicted octanol–water partition coefficient (Wildman–Crippen LogP) is 5.36. The van der Waals surface area contributed by atoms with Crippen molar-refractivity contribution < 1.29 is 24.2 Å². The molecular weight excluding hydrogens is 414 g/mol. The van der Waals surface area contributed by atoms with Gasteiger partial charge in [0.05, 0.1) is 24.0 Å². The summed E-state index contributed by atoms with van der Waals surface area (Å²) in [6.07, 6.45) is 8.08. The van der Waals surface area contributed by atoms with E-state index in [1.54, 1.807) is 6.92 Å². The van der Waals surface area contributed by atoms with Crippen molar-refractivity contribution in [2.24, 2.45) is 11.8 Å². The molecule has 0 saturated heterocycles. The number of carboxylic acid groups (broad SMARTS) is 1. The Kier molecular flexibility index (Phi) is 7.92. The van der Waals surface area contributed by atoms with E-state index in [0.29, 0.717) is 23.4 Å². The monoisotopic (exact) mass is 447 g/mol. The number of fused-ring (bicyclic) bond motifs is 1. The molecule has 6 nitrogen and oxygen atoms in total. The third kappa shape index (κ3) is 5.37. The van der Waals surface area contributed by atoms with Crippen LogP contribution in [-0.2, 0) is 27.2 Å². The summed E-state index contributed by atoms with van der Waals surface area (Å²) in [7, 11) is 0. The third-order valence-electron chi connectivity index (χ3n) is 6.56. The Morgan fingerprint density at radius 1 is 1.00 bits per heavy atom. The SMILES string of the molecule is CCOC(=O)c1c(NC(=O)C2CC(C)=C(C)CC2C(=O)O)sc2c1CCCCCCC2. The van der Waals surface area contributed by atoms with Crippen LogP contribution in [-0.4, -0.2) is 29.6 Å². The number of hydrogen-bond acceptors (Lipinski definition) is 5. The molecular formula is C24H33NO5S. The van der Waals surface area contributed by atoms with Crippen molar-refractivity contribution in [3.8, 4) is 0 Å². The zero-order valence-electron chi connectivity index (χ0n) is 18.7. The molecule has 0 bridgehead atoms. The molecule has 0 spiro atoms. The van der Waals surface area contributed by atoms with Crippen molar-refractivity contribution in [2.75, 3.05) is 11.9 Å². The van der Waals surface area contributed by atoms with Crippen LogP contribution >= 0.6 is 11.3 Å². The van der Waals surface area contributed by atoms with E-state index < -0.39 is 23.8 Å². The number of hydrogen-bond donors (Lipinski definition) is 2. The summed E-state index contributed by atoms with van der Waals surface area (Å²) in [5.41, 5.74) is 3.59. The second-order valence-electron chi connectivity index (χ2n) is 8.71. The number of amides is 1. The van der Waals surface area contributed by atoms with Gasteiger partial charge in [0, 0.05) is 4.88 Å². The lowest BCUT2D eigenvalue weighted by atomic mass is 9.76. The maximum absolute atomic E-state index is 13.2. The minimum atomic E-state index is -0.952. The van der Waals surface area contributed by atoms with E-state index in [2.05, 4.69) is 5.32 Å². The standard InChI is InChI=1S/C24H33NO5S/c1-4-30-24(29)20-16-10-8-6-5-7-9-11-19(16)31-22(20)25-21(26)17-12-14(2)15(3)13-18(17)23(27)28/h17-18H,4-13H2,1-3H3,(H,25,26)(H,27,28). The van der Waals surface area contributed by atoms with Crippen LogP contribution in [0.3, 0.4) is 0 Å². The van der Waals surface area contributed by atoms with E-state index in [1.165, 1.54) is 24.2 Å². The van der Waals surface area contributed by atoms with Gasteiger partial charge in [-0.05, 0) is 64.9 Å². The van der Waals surface area contributed by atoms with E-state index in [0.717, 1.165) is 53.7 Å². The zero-order valence-corrected chi connectivity index (χ0v) is 19.5. The van der Waals surface area contributed by atoms with Gasteiger partial charge in [0.2, 0.25) is 5.91 Å². The molecule has 7 heteroatoms. The highest BCUT2D eigenvalue weighted by Gasteiger charge is 2.38. The van der Waals surface area contributed by atoms with Crippen LogP contribution in [0.1, 0.15) is 86.5 Å². The fourth-order valence-electron chi connectivity index (χ4n) is 4.64. The number of allylic oxidation sites excluding steroid dienone is 2. The Labute approximate surface area is 188 Å². The molecule has 1 aromatic rings. The molecule has 0 radical (unpaired) electrons. The second-order valence-corrected chi connectivity index (χ2v) is 9.81. The Bertz CT molecular complexity index is 885. The Morgan fingerprint density at radius 3 is 2.26 bits per heavy atom. The number of anilines is 1. The van der Waals surface area contributed by atoms with Gasteiger partial charge in [-0.1, -0.05) is 30.4 Å². The molecule has 2 atom stereocenters. The number of aryl methyl sites for hydroxylation is 1. The summed E-state index contributed by atoms with van der Waals surface area (Å²) in [5, 5.41) is 13.2. The first-order valence-corrected chi connectivity index (χ1v) is 12.2. The maximum Gasteiger partial charge on any atom is 0.341 e. The fraction of sp³-hybridized carbons (Fsp3) is 0.625. The van der Waals surface area contributed by atoms with Crippen molar-refractivity contribution in [1.82, 2.24) is 0 Å². The number of carbonyl (C=O) groups excluding carboxylic acids is 2. The molecule has 0 aliphatic heterocycles. The number of esters is 1. The van der Waals surface area contributed by atoms with Gasteiger partial charge in [-0.3, -0.25) is 9.59 Å². The van der Waals surface area contributed by atoms with Gasteiger partial charge < -0.3 is 15.2 Å². The summed E-state index contributed by atoms with van der Waals surface area (Å²) >= 11 is 1.46. The quantitative estimate of drug-likeness (QED) is 0.468. The first-order chi connectivity index (χ1) is 14.8. The molecule has 31 heavy (non-hydrogen) atoms. The molecule has 2 unspecified atom stereocenters. The Morgan fingerprint density at radius 2 is 1.61 bits per heavy atom. The average molecular weight is 448 g/mol. The highest BCUT2D eigenvalue weighted by Crippen LogP contribution is 2.39. The van der Waals surface area contributed by atoms with Crippen molar-refractivity contribution >= 4 is 34.2 Å².